The molecule has 0 saturated heterocycles. The second kappa shape index (κ2) is 4.86. The van der Waals surface area contributed by atoms with Crippen molar-refractivity contribution >= 4 is 29.3 Å². The summed E-state index contributed by atoms with van der Waals surface area (Å²) in [5, 5.41) is 11.7. The number of urea groups is 1. The number of carbonyl (C=O) groups is 2. The van der Waals surface area contributed by atoms with Gasteiger partial charge in [-0.2, -0.15) is 0 Å². The number of carbonyl (C=O) groups excluding carboxylic acids is 1. The number of hydrogen-bond donors (Lipinski definition) is 2. The van der Waals surface area contributed by atoms with Crippen molar-refractivity contribution in [3.05, 3.63) is 28.8 Å². The molecule has 0 aliphatic heterocycles. The quantitative estimate of drug-likeness (QED) is 0.885. The molecule has 1 aromatic rings. The molecule has 96 valence electrons. The Morgan fingerprint density at radius 3 is 2.61 bits per heavy atom. The molecule has 18 heavy (non-hydrogen) atoms. The third kappa shape index (κ3) is 2.73. The first-order valence-corrected chi connectivity index (χ1v) is 5.93. The highest BCUT2D eigenvalue weighted by Crippen LogP contribution is 2.27. The Bertz CT molecular complexity index is 500. The van der Waals surface area contributed by atoms with E-state index in [-0.39, 0.29) is 16.6 Å². The van der Waals surface area contributed by atoms with Crippen LogP contribution in [0.2, 0.25) is 5.02 Å². The fourth-order valence-electron chi connectivity index (χ4n) is 1.58. The van der Waals surface area contributed by atoms with Crippen LogP contribution in [0.4, 0.5) is 10.5 Å². The highest BCUT2D eigenvalue weighted by Gasteiger charge is 2.29. The smallest absolute Gasteiger partial charge is 0.335 e. The van der Waals surface area contributed by atoms with Crippen molar-refractivity contribution in [2.45, 2.75) is 18.9 Å². The van der Waals surface area contributed by atoms with E-state index < -0.39 is 5.97 Å². The van der Waals surface area contributed by atoms with Gasteiger partial charge in [0.05, 0.1) is 16.3 Å². The van der Waals surface area contributed by atoms with Crippen LogP contribution in [-0.4, -0.2) is 35.1 Å². The predicted octanol–water partition coefficient (Wildman–Crippen LogP) is 2.66. The summed E-state index contributed by atoms with van der Waals surface area (Å²) < 4.78 is 0. The molecule has 1 fully saturated rings. The van der Waals surface area contributed by atoms with E-state index in [0.717, 1.165) is 12.8 Å². The number of halogens is 1. The van der Waals surface area contributed by atoms with E-state index >= 15 is 0 Å². The first-order valence-electron chi connectivity index (χ1n) is 5.55. The molecule has 0 unspecified atom stereocenters. The molecular formula is C12H13ClN2O3. The van der Waals surface area contributed by atoms with Crippen LogP contribution in [0.3, 0.4) is 0 Å². The first kappa shape index (κ1) is 12.7. The Morgan fingerprint density at radius 1 is 1.44 bits per heavy atom. The lowest BCUT2D eigenvalue weighted by Gasteiger charge is -2.17. The Labute approximate surface area is 109 Å². The van der Waals surface area contributed by atoms with E-state index in [1.165, 1.54) is 18.2 Å². The highest BCUT2D eigenvalue weighted by molar-refractivity contribution is 6.34. The van der Waals surface area contributed by atoms with Crippen molar-refractivity contribution in [2.75, 3.05) is 12.4 Å². The van der Waals surface area contributed by atoms with Gasteiger partial charge in [-0.15, -0.1) is 0 Å². The Kier molecular flexibility index (Phi) is 3.43. The molecule has 1 aliphatic carbocycles. The predicted molar refractivity (Wildman–Crippen MR) is 68.2 cm³/mol. The van der Waals surface area contributed by atoms with Crippen LogP contribution in [-0.2, 0) is 0 Å². The minimum absolute atomic E-state index is 0.0912. The fraction of sp³-hybridized carbons (Fsp3) is 0.333. The van der Waals surface area contributed by atoms with Gasteiger partial charge in [-0.25, -0.2) is 9.59 Å². The standard InChI is InChI=1S/C12H13ClN2O3/c1-15(8-3-4-8)12(18)14-10-5-2-7(11(16)17)6-9(10)13/h2,5-6,8H,3-4H2,1H3,(H,14,18)(H,16,17). The molecule has 5 nitrogen and oxygen atoms in total. The van der Waals surface area contributed by atoms with Crippen molar-refractivity contribution in [1.82, 2.24) is 4.90 Å². The average Bonchev–Trinajstić information content (AvgIpc) is 3.14. The van der Waals surface area contributed by atoms with Gasteiger partial charge in [-0.1, -0.05) is 11.6 Å². The van der Waals surface area contributed by atoms with Crippen molar-refractivity contribution in [2.24, 2.45) is 0 Å². The molecule has 1 aromatic carbocycles. The topological polar surface area (TPSA) is 69.6 Å². The second-order valence-electron chi connectivity index (χ2n) is 4.27. The van der Waals surface area contributed by atoms with Gasteiger partial charge in [0.1, 0.15) is 0 Å². The number of hydrogen-bond acceptors (Lipinski definition) is 2. The number of anilines is 1. The van der Waals surface area contributed by atoms with Gasteiger partial charge in [0.25, 0.3) is 0 Å². The van der Waals surface area contributed by atoms with Gasteiger partial charge in [-0.3, -0.25) is 0 Å². The van der Waals surface area contributed by atoms with E-state index in [0.29, 0.717) is 11.7 Å². The molecule has 0 bridgehead atoms. The molecule has 2 amide bonds. The zero-order chi connectivity index (χ0) is 13.3. The van der Waals surface area contributed by atoms with Gasteiger partial charge in [0.15, 0.2) is 0 Å². The van der Waals surface area contributed by atoms with Gasteiger partial charge < -0.3 is 15.3 Å². The molecule has 2 rings (SSSR count). The SMILES string of the molecule is CN(C(=O)Nc1ccc(C(=O)O)cc1Cl)C1CC1. The lowest BCUT2D eigenvalue weighted by molar-refractivity contribution is 0.0697. The minimum atomic E-state index is -1.05. The van der Waals surface area contributed by atoms with Gasteiger partial charge in [0, 0.05) is 13.1 Å². The zero-order valence-corrected chi connectivity index (χ0v) is 10.6. The van der Waals surface area contributed by atoms with Crippen LogP contribution in [0.15, 0.2) is 18.2 Å². The second-order valence-corrected chi connectivity index (χ2v) is 4.68. The lowest BCUT2D eigenvalue weighted by Crippen LogP contribution is -2.33. The number of rotatable bonds is 3. The Hall–Kier alpha value is -1.75. The van der Waals surface area contributed by atoms with Crippen molar-refractivity contribution in [1.29, 1.82) is 0 Å². The number of aromatic carboxylic acids is 1. The summed E-state index contributed by atoms with van der Waals surface area (Å²) in [6.07, 6.45) is 2.05. The van der Waals surface area contributed by atoms with E-state index in [1.807, 2.05) is 0 Å². The maximum atomic E-state index is 11.8. The van der Waals surface area contributed by atoms with Crippen LogP contribution >= 0.6 is 11.6 Å². The molecule has 1 aliphatic rings. The molecule has 0 heterocycles. The largest absolute Gasteiger partial charge is 0.478 e. The van der Waals surface area contributed by atoms with Crippen LogP contribution < -0.4 is 5.32 Å². The van der Waals surface area contributed by atoms with E-state index in [9.17, 15) is 9.59 Å². The molecule has 2 N–H and O–H groups in total. The maximum Gasteiger partial charge on any atom is 0.335 e. The zero-order valence-electron chi connectivity index (χ0n) is 9.81. The number of carboxylic acid groups (broad SMARTS) is 1. The van der Waals surface area contributed by atoms with Gasteiger partial charge in [-0.05, 0) is 31.0 Å². The lowest BCUT2D eigenvalue weighted by atomic mass is 10.2. The van der Waals surface area contributed by atoms with Crippen molar-refractivity contribution in [3.63, 3.8) is 0 Å². The molecule has 0 spiro atoms. The number of amides is 2. The maximum absolute atomic E-state index is 11.8. The Balaban J connectivity index is 2.09. The van der Waals surface area contributed by atoms with Gasteiger partial charge in [0.2, 0.25) is 0 Å². The highest BCUT2D eigenvalue weighted by atomic mass is 35.5. The Morgan fingerprint density at radius 2 is 2.11 bits per heavy atom. The molecule has 0 radical (unpaired) electrons. The monoisotopic (exact) mass is 268 g/mol. The number of benzene rings is 1. The normalized spacial score (nSPS) is 14.1. The molecule has 1 saturated carbocycles. The molecule has 0 aromatic heterocycles. The average molecular weight is 269 g/mol. The van der Waals surface area contributed by atoms with Crippen molar-refractivity contribution < 1.29 is 14.7 Å². The summed E-state index contributed by atoms with van der Waals surface area (Å²) in [6.45, 7) is 0. The summed E-state index contributed by atoms with van der Waals surface area (Å²) in [4.78, 5) is 24.2. The molecule has 6 heteroatoms. The summed E-state index contributed by atoms with van der Waals surface area (Å²) in [7, 11) is 1.73. The van der Waals surface area contributed by atoms with Gasteiger partial charge >= 0.3 is 12.0 Å². The molecule has 0 atom stereocenters. The van der Waals surface area contributed by atoms with Crippen LogP contribution in [0.25, 0.3) is 0 Å². The van der Waals surface area contributed by atoms with E-state index in [4.69, 9.17) is 16.7 Å². The number of nitrogens with zero attached hydrogens (tertiary/aromatic N) is 1. The first-order chi connectivity index (χ1) is 8.49. The summed E-state index contributed by atoms with van der Waals surface area (Å²) in [5.74, 6) is -1.05. The van der Waals surface area contributed by atoms with Crippen LogP contribution in [0, 0.1) is 0 Å². The van der Waals surface area contributed by atoms with E-state index in [1.54, 1.807) is 11.9 Å². The third-order valence-electron chi connectivity index (χ3n) is 2.87. The van der Waals surface area contributed by atoms with Crippen LogP contribution in [0.5, 0.6) is 0 Å². The molecular weight excluding hydrogens is 256 g/mol. The van der Waals surface area contributed by atoms with E-state index in [2.05, 4.69) is 5.32 Å². The van der Waals surface area contributed by atoms with Crippen LogP contribution in [0.1, 0.15) is 23.2 Å². The van der Waals surface area contributed by atoms with Crippen molar-refractivity contribution in [3.8, 4) is 0 Å². The summed E-state index contributed by atoms with van der Waals surface area (Å²) >= 11 is 5.92. The fourth-order valence-corrected chi connectivity index (χ4v) is 1.81. The number of carboxylic acids is 1. The third-order valence-corrected chi connectivity index (χ3v) is 3.19. The summed E-state index contributed by atoms with van der Waals surface area (Å²) in [6, 6.07) is 4.28. The number of nitrogens with one attached hydrogen (secondary N) is 1. The summed E-state index contributed by atoms with van der Waals surface area (Å²) in [5.41, 5.74) is 0.507. The minimum Gasteiger partial charge on any atom is -0.478 e.